The van der Waals surface area contributed by atoms with Crippen molar-refractivity contribution in [3.8, 4) is 0 Å². The van der Waals surface area contributed by atoms with Gasteiger partial charge in [-0.15, -0.1) is 0 Å². The summed E-state index contributed by atoms with van der Waals surface area (Å²) < 4.78 is 5.46. The molecule has 0 aromatic heterocycles. The molecule has 0 radical (unpaired) electrons. The predicted octanol–water partition coefficient (Wildman–Crippen LogP) is 2.85. The zero-order valence-electron chi connectivity index (χ0n) is 7.68. The van der Waals surface area contributed by atoms with Gasteiger partial charge >= 0.3 is 0 Å². The smallest absolute Gasteiger partial charge is 0.0519 e. The van der Waals surface area contributed by atoms with Crippen molar-refractivity contribution < 1.29 is 4.74 Å². The molecule has 0 aliphatic carbocycles. The molecule has 0 N–H and O–H groups in total. The van der Waals surface area contributed by atoms with E-state index in [0.29, 0.717) is 6.10 Å². The summed E-state index contributed by atoms with van der Waals surface area (Å²) in [6.07, 6.45) is 2.94. The SMILES string of the molecule is CCCC(C)COC(C)C. The van der Waals surface area contributed by atoms with Gasteiger partial charge in [-0.05, 0) is 26.2 Å². The van der Waals surface area contributed by atoms with Gasteiger partial charge in [0.15, 0.2) is 0 Å². The minimum absolute atomic E-state index is 0.388. The van der Waals surface area contributed by atoms with Crippen LogP contribution in [0, 0.1) is 5.92 Å². The van der Waals surface area contributed by atoms with Crippen molar-refractivity contribution in [2.75, 3.05) is 6.61 Å². The van der Waals surface area contributed by atoms with Crippen LogP contribution >= 0.6 is 0 Å². The third-order valence-electron chi connectivity index (χ3n) is 1.50. The largest absolute Gasteiger partial charge is 0.379 e. The highest BCUT2D eigenvalue weighted by Crippen LogP contribution is 2.05. The maximum atomic E-state index is 5.46. The summed E-state index contributed by atoms with van der Waals surface area (Å²) in [6, 6.07) is 0. The van der Waals surface area contributed by atoms with Crippen molar-refractivity contribution in [2.45, 2.75) is 46.6 Å². The lowest BCUT2D eigenvalue weighted by Crippen LogP contribution is -2.10. The molecule has 1 atom stereocenters. The maximum Gasteiger partial charge on any atom is 0.0519 e. The molecular weight excluding hydrogens is 124 g/mol. The molecule has 0 aliphatic heterocycles. The Morgan fingerprint density at radius 2 is 1.80 bits per heavy atom. The van der Waals surface area contributed by atoms with Gasteiger partial charge in [-0.3, -0.25) is 0 Å². The lowest BCUT2D eigenvalue weighted by atomic mass is 10.1. The minimum atomic E-state index is 0.388. The normalized spacial score (nSPS) is 14.1. The second-order valence-corrected chi connectivity index (χ2v) is 3.28. The van der Waals surface area contributed by atoms with Gasteiger partial charge in [0, 0.05) is 6.61 Å². The molecule has 0 saturated carbocycles. The Hall–Kier alpha value is -0.0400. The zero-order chi connectivity index (χ0) is 7.98. The van der Waals surface area contributed by atoms with E-state index in [-0.39, 0.29) is 0 Å². The quantitative estimate of drug-likeness (QED) is 0.576. The monoisotopic (exact) mass is 144 g/mol. The fraction of sp³-hybridized carbons (Fsp3) is 1.00. The number of rotatable bonds is 5. The first-order valence-corrected chi connectivity index (χ1v) is 4.28. The number of ether oxygens (including phenoxy) is 1. The van der Waals surface area contributed by atoms with Gasteiger partial charge in [0.2, 0.25) is 0 Å². The van der Waals surface area contributed by atoms with E-state index in [9.17, 15) is 0 Å². The van der Waals surface area contributed by atoms with Crippen LogP contribution in [-0.4, -0.2) is 12.7 Å². The molecule has 0 saturated heterocycles. The Bertz CT molecular complexity index is 69.1. The Labute approximate surface area is 64.8 Å². The lowest BCUT2D eigenvalue weighted by Gasteiger charge is -2.12. The first-order valence-electron chi connectivity index (χ1n) is 4.28. The van der Waals surface area contributed by atoms with Crippen molar-refractivity contribution in [3.63, 3.8) is 0 Å². The first kappa shape index (κ1) is 9.96. The van der Waals surface area contributed by atoms with E-state index in [1.54, 1.807) is 0 Å². The third kappa shape index (κ3) is 6.09. The molecule has 0 bridgehead atoms. The Morgan fingerprint density at radius 3 is 2.20 bits per heavy atom. The van der Waals surface area contributed by atoms with Crippen molar-refractivity contribution in [1.29, 1.82) is 0 Å². The molecule has 0 rings (SSSR count). The molecule has 0 aromatic rings. The second kappa shape index (κ2) is 5.72. The van der Waals surface area contributed by atoms with Gasteiger partial charge in [0.05, 0.1) is 6.10 Å². The van der Waals surface area contributed by atoms with Crippen molar-refractivity contribution in [1.82, 2.24) is 0 Å². The van der Waals surface area contributed by atoms with Gasteiger partial charge in [-0.2, -0.15) is 0 Å². The lowest BCUT2D eigenvalue weighted by molar-refractivity contribution is 0.0532. The average Bonchev–Trinajstić information content (AvgIpc) is 1.85. The van der Waals surface area contributed by atoms with Crippen LogP contribution in [0.4, 0.5) is 0 Å². The first-order chi connectivity index (χ1) is 4.66. The number of hydrogen-bond donors (Lipinski definition) is 0. The van der Waals surface area contributed by atoms with Crippen LogP contribution in [0.5, 0.6) is 0 Å². The van der Waals surface area contributed by atoms with Gasteiger partial charge in [-0.25, -0.2) is 0 Å². The molecule has 1 heteroatoms. The van der Waals surface area contributed by atoms with Gasteiger partial charge in [-0.1, -0.05) is 20.3 Å². The molecule has 62 valence electrons. The van der Waals surface area contributed by atoms with Gasteiger partial charge in [0.1, 0.15) is 0 Å². The highest BCUT2D eigenvalue weighted by atomic mass is 16.5. The third-order valence-corrected chi connectivity index (χ3v) is 1.50. The van der Waals surface area contributed by atoms with Crippen LogP contribution in [0.2, 0.25) is 0 Å². The summed E-state index contributed by atoms with van der Waals surface area (Å²) >= 11 is 0. The Kier molecular flexibility index (Phi) is 5.70. The van der Waals surface area contributed by atoms with Crippen LogP contribution in [0.15, 0.2) is 0 Å². The summed E-state index contributed by atoms with van der Waals surface area (Å²) in [5.41, 5.74) is 0. The standard InChI is InChI=1S/C9H20O/c1-5-6-9(4)7-10-8(2)3/h8-9H,5-7H2,1-4H3. The number of hydrogen-bond acceptors (Lipinski definition) is 1. The molecule has 0 fully saturated rings. The molecular formula is C9H20O. The maximum absolute atomic E-state index is 5.46. The Balaban J connectivity index is 3.12. The van der Waals surface area contributed by atoms with Crippen LogP contribution in [-0.2, 0) is 4.74 Å². The Morgan fingerprint density at radius 1 is 1.20 bits per heavy atom. The van der Waals surface area contributed by atoms with Crippen LogP contribution in [0.3, 0.4) is 0 Å². The van der Waals surface area contributed by atoms with E-state index in [1.165, 1.54) is 12.8 Å². The molecule has 10 heavy (non-hydrogen) atoms. The topological polar surface area (TPSA) is 9.23 Å². The fourth-order valence-electron chi connectivity index (χ4n) is 0.933. The van der Waals surface area contributed by atoms with E-state index in [0.717, 1.165) is 12.5 Å². The molecule has 0 aromatic carbocycles. The van der Waals surface area contributed by atoms with Crippen LogP contribution < -0.4 is 0 Å². The minimum Gasteiger partial charge on any atom is -0.379 e. The highest BCUT2D eigenvalue weighted by molar-refractivity contribution is 4.50. The predicted molar refractivity (Wildman–Crippen MR) is 45.2 cm³/mol. The zero-order valence-corrected chi connectivity index (χ0v) is 7.68. The van der Waals surface area contributed by atoms with E-state index in [4.69, 9.17) is 4.74 Å². The summed E-state index contributed by atoms with van der Waals surface area (Å²) in [7, 11) is 0. The van der Waals surface area contributed by atoms with Crippen LogP contribution in [0.1, 0.15) is 40.5 Å². The highest BCUT2D eigenvalue weighted by Gasteiger charge is 2.01. The average molecular weight is 144 g/mol. The fourth-order valence-corrected chi connectivity index (χ4v) is 0.933. The second-order valence-electron chi connectivity index (χ2n) is 3.28. The summed E-state index contributed by atoms with van der Waals surface area (Å²) in [4.78, 5) is 0. The van der Waals surface area contributed by atoms with Crippen LogP contribution in [0.25, 0.3) is 0 Å². The van der Waals surface area contributed by atoms with Crippen molar-refractivity contribution in [2.24, 2.45) is 5.92 Å². The molecule has 0 aliphatic rings. The molecule has 0 amide bonds. The van der Waals surface area contributed by atoms with Gasteiger partial charge in [0.25, 0.3) is 0 Å². The van der Waals surface area contributed by atoms with E-state index in [2.05, 4.69) is 27.7 Å². The van der Waals surface area contributed by atoms with Gasteiger partial charge < -0.3 is 4.74 Å². The summed E-state index contributed by atoms with van der Waals surface area (Å²) in [5.74, 6) is 0.729. The molecule has 1 nitrogen and oxygen atoms in total. The van der Waals surface area contributed by atoms with E-state index >= 15 is 0 Å². The van der Waals surface area contributed by atoms with E-state index in [1.807, 2.05) is 0 Å². The van der Waals surface area contributed by atoms with Crippen molar-refractivity contribution >= 4 is 0 Å². The summed E-state index contributed by atoms with van der Waals surface area (Å²) in [5, 5.41) is 0. The van der Waals surface area contributed by atoms with E-state index < -0.39 is 0 Å². The molecule has 0 heterocycles. The molecule has 0 spiro atoms. The van der Waals surface area contributed by atoms with Crippen molar-refractivity contribution in [3.05, 3.63) is 0 Å². The summed E-state index contributed by atoms with van der Waals surface area (Å²) in [6.45, 7) is 9.54. The molecule has 1 unspecified atom stereocenters.